The third-order valence-electron chi connectivity index (χ3n) is 3.45. The number of hydrazone groups is 1. The van der Waals surface area contributed by atoms with Gasteiger partial charge in [-0.3, -0.25) is 4.79 Å². The van der Waals surface area contributed by atoms with Crippen molar-refractivity contribution in [1.82, 2.24) is 5.01 Å². The van der Waals surface area contributed by atoms with E-state index < -0.39 is 0 Å². The molecule has 0 spiro atoms. The van der Waals surface area contributed by atoms with Crippen LogP contribution in [-0.2, 0) is 9.53 Å². The number of benzene rings is 1. The van der Waals surface area contributed by atoms with Crippen molar-refractivity contribution in [3.63, 3.8) is 0 Å². The van der Waals surface area contributed by atoms with Gasteiger partial charge in [0.25, 0.3) is 0 Å². The van der Waals surface area contributed by atoms with Gasteiger partial charge in [-0.05, 0) is 24.6 Å². The molecule has 20 heavy (non-hydrogen) atoms. The van der Waals surface area contributed by atoms with Gasteiger partial charge in [0.15, 0.2) is 0 Å². The largest absolute Gasteiger partial charge is 0.399 e. The van der Waals surface area contributed by atoms with Crippen LogP contribution in [0.15, 0.2) is 29.4 Å². The highest BCUT2D eigenvalue weighted by molar-refractivity contribution is 6.05. The average molecular weight is 275 g/mol. The summed E-state index contributed by atoms with van der Waals surface area (Å²) in [7, 11) is 1.62. The molecule has 1 heterocycles. The van der Waals surface area contributed by atoms with Crippen molar-refractivity contribution in [1.29, 1.82) is 0 Å². The number of carbonyl (C=O) groups excluding carboxylic acids is 1. The third kappa shape index (κ3) is 2.99. The zero-order valence-corrected chi connectivity index (χ0v) is 12.2. The van der Waals surface area contributed by atoms with E-state index in [0.717, 1.165) is 17.0 Å². The van der Waals surface area contributed by atoms with Crippen LogP contribution in [0.1, 0.15) is 25.8 Å². The van der Waals surface area contributed by atoms with E-state index in [0.29, 0.717) is 13.0 Å². The van der Waals surface area contributed by atoms with Crippen molar-refractivity contribution < 1.29 is 9.53 Å². The van der Waals surface area contributed by atoms with E-state index in [1.54, 1.807) is 7.11 Å². The Morgan fingerprint density at radius 3 is 2.70 bits per heavy atom. The number of amides is 1. The number of methoxy groups -OCH3 is 1. The van der Waals surface area contributed by atoms with Gasteiger partial charge in [-0.25, -0.2) is 5.01 Å². The second-order valence-corrected chi connectivity index (χ2v) is 5.26. The number of carbonyl (C=O) groups is 1. The minimum absolute atomic E-state index is 0.0428. The summed E-state index contributed by atoms with van der Waals surface area (Å²) in [4.78, 5) is 12.1. The Labute approximate surface area is 119 Å². The average Bonchev–Trinajstić information content (AvgIpc) is 2.40. The first-order valence-electron chi connectivity index (χ1n) is 6.78. The van der Waals surface area contributed by atoms with Gasteiger partial charge in [-0.2, -0.15) is 5.10 Å². The third-order valence-corrected chi connectivity index (χ3v) is 3.45. The number of nitrogen functional groups attached to an aromatic ring is 1. The van der Waals surface area contributed by atoms with Crippen LogP contribution in [-0.4, -0.2) is 36.4 Å². The van der Waals surface area contributed by atoms with Crippen LogP contribution in [0.2, 0.25) is 0 Å². The Balaban J connectivity index is 2.32. The predicted molar refractivity (Wildman–Crippen MR) is 79.4 cm³/mol. The standard InChI is InChI=1S/C15H21N3O2/c1-10-8-14(19)18(11(2)9-20-3)17-15(10)12-4-6-13(16)7-5-12/h4-7,10-11H,8-9,16H2,1-3H3. The SMILES string of the molecule is COCC(C)N1N=C(c2ccc(N)cc2)C(C)CC1=O. The summed E-state index contributed by atoms with van der Waals surface area (Å²) in [6.45, 7) is 4.42. The van der Waals surface area contributed by atoms with Gasteiger partial charge in [0.05, 0.1) is 18.4 Å². The molecule has 0 radical (unpaired) electrons. The molecule has 1 aliphatic rings. The van der Waals surface area contributed by atoms with E-state index >= 15 is 0 Å². The summed E-state index contributed by atoms with van der Waals surface area (Å²) in [6.07, 6.45) is 0.470. The van der Waals surface area contributed by atoms with Gasteiger partial charge in [0, 0.05) is 25.1 Å². The normalized spacial score (nSPS) is 20.8. The summed E-state index contributed by atoms with van der Waals surface area (Å²) < 4.78 is 5.11. The maximum Gasteiger partial charge on any atom is 0.243 e. The van der Waals surface area contributed by atoms with Crippen LogP contribution >= 0.6 is 0 Å². The smallest absolute Gasteiger partial charge is 0.243 e. The molecule has 108 valence electrons. The second-order valence-electron chi connectivity index (χ2n) is 5.26. The molecule has 2 unspecified atom stereocenters. The van der Waals surface area contributed by atoms with Crippen molar-refractivity contribution in [3.8, 4) is 0 Å². The topological polar surface area (TPSA) is 67.9 Å². The fourth-order valence-electron chi connectivity index (χ4n) is 2.37. The number of hydrogen-bond acceptors (Lipinski definition) is 4. The quantitative estimate of drug-likeness (QED) is 0.853. The van der Waals surface area contributed by atoms with Crippen molar-refractivity contribution >= 4 is 17.3 Å². The highest BCUT2D eigenvalue weighted by Crippen LogP contribution is 2.22. The Morgan fingerprint density at radius 1 is 1.45 bits per heavy atom. The monoisotopic (exact) mass is 275 g/mol. The summed E-state index contributed by atoms with van der Waals surface area (Å²) >= 11 is 0. The van der Waals surface area contributed by atoms with E-state index in [-0.39, 0.29) is 17.9 Å². The lowest BCUT2D eigenvalue weighted by Gasteiger charge is -2.31. The van der Waals surface area contributed by atoms with Gasteiger partial charge in [-0.15, -0.1) is 0 Å². The van der Waals surface area contributed by atoms with Crippen molar-refractivity contribution in [3.05, 3.63) is 29.8 Å². The Kier molecular flexibility index (Phi) is 4.39. The molecule has 0 fully saturated rings. The molecule has 0 saturated heterocycles. The second kappa shape index (κ2) is 6.05. The lowest BCUT2D eigenvalue weighted by molar-refractivity contribution is -0.135. The number of nitrogens with zero attached hydrogens (tertiary/aromatic N) is 2. The molecule has 0 aromatic heterocycles. The van der Waals surface area contributed by atoms with E-state index in [2.05, 4.69) is 5.10 Å². The van der Waals surface area contributed by atoms with Crippen LogP contribution in [0.4, 0.5) is 5.69 Å². The molecule has 1 aliphatic heterocycles. The van der Waals surface area contributed by atoms with Crippen LogP contribution < -0.4 is 5.73 Å². The molecule has 0 saturated carbocycles. The van der Waals surface area contributed by atoms with Gasteiger partial charge >= 0.3 is 0 Å². The zero-order chi connectivity index (χ0) is 14.7. The Hall–Kier alpha value is -1.88. The van der Waals surface area contributed by atoms with Gasteiger partial charge < -0.3 is 10.5 Å². The molecular weight excluding hydrogens is 254 g/mol. The zero-order valence-electron chi connectivity index (χ0n) is 12.2. The van der Waals surface area contributed by atoms with E-state index in [9.17, 15) is 4.79 Å². The van der Waals surface area contributed by atoms with Crippen molar-refractivity contribution in [2.45, 2.75) is 26.3 Å². The number of hydrogen-bond donors (Lipinski definition) is 1. The molecule has 0 bridgehead atoms. The lowest BCUT2D eigenvalue weighted by Crippen LogP contribution is -2.43. The van der Waals surface area contributed by atoms with Gasteiger partial charge in [-0.1, -0.05) is 19.1 Å². The van der Waals surface area contributed by atoms with Crippen molar-refractivity contribution in [2.75, 3.05) is 19.5 Å². The first-order chi connectivity index (χ1) is 9.52. The number of rotatable bonds is 4. The number of anilines is 1. The van der Waals surface area contributed by atoms with Crippen LogP contribution in [0.25, 0.3) is 0 Å². The molecule has 5 nitrogen and oxygen atoms in total. The maximum atomic E-state index is 12.1. The first kappa shape index (κ1) is 14.5. The van der Waals surface area contributed by atoms with E-state index in [1.807, 2.05) is 38.1 Å². The van der Waals surface area contributed by atoms with Crippen LogP contribution in [0, 0.1) is 5.92 Å². The van der Waals surface area contributed by atoms with Crippen LogP contribution in [0.3, 0.4) is 0 Å². The fourth-order valence-corrected chi connectivity index (χ4v) is 2.37. The molecule has 0 aliphatic carbocycles. The highest BCUT2D eigenvalue weighted by atomic mass is 16.5. The molecule has 2 atom stereocenters. The van der Waals surface area contributed by atoms with Crippen LogP contribution in [0.5, 0.6) is 0 Å². The first-order valence-corrected chi connectivity index (χ1v) is 6.78. The number of nitrogens with two attached hydrogens (primary N) is 1. The molecule has 1 aromatic carbocycles. The van der Waals surface area contributed by atoms with Crippen molar-refractivity contribution in [2.24, 2.45) is 11.0 Å². The summed E-state index contributed by atoms with van der Waals surface area (Å²) in [6, 6.07) is 7.52. The molecular formula is C15H21N3O2. The highest BCUT2D eigenvalue weighted by Gasteiger charge is 2.30. The van der Waals surface area contributed by atoms with E-state index in [1.165, 1.54) is 5.01 Å². The molecule has 2 rings (SSSR count). The molecule has 5 heteroatoms. The Morgan fingerprint density at radius 2 is 2.10 bits per heavy atom. The van der Waals surface area contributed by atoms with Gasteiger partial charge in [0.2, 0.25) is 5.91 Å². The fraction of sp³-hybridized carbons (Fsp3) is 0.467. The van der Waals surface area contributed by atoms with Gasteiger partial charge in [0.1, 0.15) is 0 Å². The molecule has 1 aromatic rings. The minimum Gasteiger partial charge on any atom is -0.399 e. The molecule has 2 N–H and O–H groups in total. The minimum atomic E-state index is -0.0659. The summed E-state index contributed by atoms with van der Waals surface area (Å²) in [5, 5.41) is 6.08. The number of ether oxygens (including phenoxy) is 1. The maximum absolute atomic E-state index is 12.1. The molecule has 1 amide bonds. The predicted octanol–water partition coefficient (Wildman–Crippen LogP) is 1.88. The Bertz CT molecular complexity index is 510. The lowest BCUT2D eigenvalue weighted by atomic mass is 9.93. The van der Waals surface area contributed by atoms with E-state index in [4.69, 9.17) is 10.5 Å². The summed E-state index contributed by atoms with van der Waals surface area (Å²) in [5.41, 5.74) is 8.36. The summed E-state index contributed by atoms with van der Waals surface area (Å²) in [5.74, 6) is 0.151.